The molecule has 3 heteroatoms. The molecule has 0 heterocycles. The minimum atomic E-state index is 0.0000534. The van der Waals surface area contributed by atoms with E-state index in [2.05, 4.69) is 22.5 Å². The molecule has 0 atom stereocenters. The van der Waals surface area contributed by atoms with Crippen LogP contribution in [0.5, 0.6) is 0 Å². The third-order valence-corrected chi connectivity index (χ3v) is 2.63. The van der Waals surface area contributed by atoms with Gasteiger partial charge >= 0.3 is 0 Å². The summed E-state index contributed by atoms with van der Waals surface area (Å²) in [6.45, 7) is 2.36. The monoisotopic (exact) mass is 228 g/mol. The molecule has 0 saturated heterocycles. The van der Waals surface area contributed by atoms with Gasteiger partial charge in [0.25, 0.3) is 5.91 Å². The smallest absolute Gasteiger partial charge is 0.253 e. The quantitative estimate of drug-likeness (QED) is 0.774. The first kappa shape index (κ1) is 11.5. The Balaban J connectivity index is 2.07. The van der Waals surface area contributed by atoms with E-state index in [0.29, 0.717) is 18.2 Å². The third kappa shape index (κ3) is 3.25. The number of carbonyl (C=O) groups excluding carboxylic acids is 1. The number of nitrogens with one attached hydrogen (secondary N) is 2. The summed E-state index contributed by atoms with van der Waals surface area (Å²) in [5, 5.41) is 6.14. The zero-order valence-electron chi connectivity index (χ0n) is 9.92. The van der Waals surface area contributed by atoms with Crippen molar-refractivity contribution in [1.29, 1.82) is 0 Å². The Kier molecular flexibility index (Phi) is 3.66. The highest BCUT2D eigenvalue weighted by Gasteiger charge is 2.24. The van der Waals surface area contributed by atoms with Gasteiger partial charge in [-0.05, 0) is 31.9 Å². The molecule has 0 radical (unpaired) electrons. The van der Waals surface area contributed by atoms with Crippen LogP contribution in [0.25, 0.3) is 0 Å². The average molecular weight is 228 g/mol. The van der Waals surface area contributed by atoms with E-state index in [9.17, 15) is 4.79 Å². The minimum Gasteiger partial charge on any atom is -0.373 e. The molecule has 3 nitrogen and oxygen atoms in total. The van der Waals surface area contributed by atoms with Gasteiger partial charge in [0.15, 0.2) is 0 Å². The molecule has 0 bridgehead atoms. The molecule has 17 heavy (non-hydrogen) atoms. The van der Waals surface area contributed by atoms with Crippen molar-refractivity contribution in [3.63, 3.8) is 0 Å². The van der Waals surface area contributed by atoms with Crippen LogP contribution in [0.4, 0.5) is 5.69 Å². The van der Waals surface area contributed by atoms with Gasteiger partial charge in [0.1, 0.15) is 0 Å². The maximum Gasteiger partial charge on any atom is 0.253 e. The lowest BCUT2D eigenvalue weighted by Gasteiger charge is -2.09. The summed E-state index contributed by atoms with van der Waals surface area (Å²) in [7, 11) is 0. The molecule has 1 aromatic rings. The van der Waals surface area contributed by atoms with E-state index in [4.69, 9.17) is 0 Å². The van der Waals surface area contributed by atoms with Gasteiger partial charge in [-0.1, -0.05) is 18.1 Å². The van der Waals surface area contributed by atoms with E-state index in [1.807, 2.05) is 24.3 Å². The molecule has 1 aromatic carbocycles. The fraction of sp³-hybridized carbons (Fsp3) is 0.357. The molecular formula is C14H16N2O. The molecule has 1 saturated carbocycles. The van der Waals surface area contributed by atoms with Gasteiger partial charge < -0.3 is 10.6 Å². The summed E-state index contributed by atoms with van der Waals surface area (Å²) >= 11 is 0. The van der Waals surface area contributed by atoms with Crippen LogP contribution in [0, 0.1) is 11.8 Å². The molecule has 1 aliphatic carbocycles. The van der Waals surface area contributed by atoms with Crippen molar-refractivity contribution in [3.8, 4) is 11.8 Å². The second-order valence-corrected chi connectivity index (χ2v) is 4.07. The third-order valence-electron chi connectivity index (χ3n) is 2.63. The highest BCUT2D eigenvalue weighted by atomic mass is 16.1. The Morgan fingerprint density at radius 2 is 2.18 bits per heavy atom. The molecule has 1 fully saturated rings. The Morgan fingerprint density at radius 1 is 1.41 bits per heavy atom. The Bertz CT molecular complexity index is 467. The van der Waals surface area contributed by atoms with Gasteiger partial charge in [0, 0.05) is 11.7 Å². The van der Waals surface area contributed by atoms with Gasteiger partial charge in [-0.2, -0.15) is 0 Å². The number of hydrogen-bond donors (Lipinski definition) is 2. The lowest BCUT2D eigenvalue weighted by Crippen LogP contribution is -2.26. The normalized spacial score (nSPS) is 13.5. The van der Waals surface area contributed by atoms with Gasteiger partial charge in [-0.15, -0.1) is 5.92 Å². The SMILES string of the molecule is CC#CCNc1ccccc1C(=O)NC1CC1. The standard InChI is InChI=1S/C14H16N2O/c1-2-3-10-15-13-7-5-4-6-12(13)14(17)16-11-8-9-11/h4-7,11,15H,8-10H2,1H3,(H,16,17). The molecule has 1 aliphatic rings. The van der Waals surface area contributed by atoms with Crippen LogP contribution < -0.4 is 10.6 Å². The fourth-order valence-electron chi connectivity index (χ4n) is 1.55. The predicted molar refractivity (Wildman–Crippen MR) is 68.9 cm³/mol. The lowest BCUT2D eigenvalue weighted by atomic mass is 10.1. The van der Waals surface area contributed by atoms with Gasteiger partial charge in [0.05, 0.1) is 12.1 Å². The van der Waals surface area contributed by atoms with Crippen LogP contribution in [0.1, 0.15) is 30.1 Å². The number of para-hydroxylation sites is 1. The second kappa shape index (κ2) is 5.40. The van der Waals surface area contributed by atoms with Crippen molar-refractivity contribution in [3.05, 3.63) is 29.8 Å². The topological polar surface area (TPSA) is 41.1 Å². The Hall–Kier alpha value is -1.95. The predicted octanol–water partition coefficient (Wildman–Crippen LogP) is 2.01. The maximum absolute atomic E-state index is 12.0. The number of benzene rings is 1. The largest absolute Gasteiger partial charge is 0.373 e. The highest BCUT2D eigenvalue weighted by Crippen LogP contribution is 2.21. The number of rotatable bonds is 4. The average Bonchev–Trinajstić information content (AvgIpc) is 3.14. The summed E-state index contributed by atoms with van der Waals surface area (Å²) in [5.41, 5.74) is 1.53. The van der Waals surface area contributed by atoms with E-state index >= 15 is 0 Å². The van der Waals surface area contributed by atoms with Gasteiger partial charge in [-0.3, -0.25) is 4.79 Å². The summed E-state index contributed by atoms with van der Waals surface area (Å²) in [6.07, 6.45) is 2.20. The molecular weight excluding hydrogens is 212 g/mol. The molecule has 1 amide bonds. The highest BCUT2D eigenvalue weighted by molar-refractivity contribution is 5.99. The Morgan fingerprint density at radius 3 is 2.88 bits per heavy atom. The van der Waals surface area contributed by atoms with Crippen molar-refractivity contribution in [2.24, 2.45) is 0 Å². The van der Waals surface area contributed by atoms with Crippen molar-refractivity contribution in [1.82, 2.24) is 5.32 Å². The van der Waals surface area contributed by atoms with Crippen molar-refractivity contribution < 1.29 is 4.79 Å². The number of carbonyl (C=O) groups is 1. The lowest BCUT2D eigenvalue weighted by molar-refractivity contribution is 0.0952. The van der Waals surface area contributed by atoms with Gasteiger partial charge in [-0.25, -0.2) is 0 Å². The van der Waals surface area contributed by atoms with Crippen LogP contribution in [0.15, 0.2) is 24.3 Å². The van der Waals surface area contributed by atoms with Crippen molar-refractivity contribution in [2.45, 2.75) is 25.8 Å². The molecule has 0 unspecified atom stereocenters. The first-order chi connectivity index (χ1) is 8.31. The van der Waals surface area contributed by atoms with Crippen LogP contribution in [0.3, 0.4) is 0 Å². The van der Waals surface area contributed by atoms with Crippen LogP contribution in [0.2, 0.25) is 0 Å². The van der Waals surface area contributed by atoms with Gasteiger partial charge in [0.2, 0.25) is 0 Å². The molecule has 2 N–H and O–H groups in total. The first-order valence-electron chi connectivity index (χ1n) is 5.84. The van der Waals surface area contributed by atoms with E-state index in [-0.39, 0.29) is 5.91 Å². The van der Waals surface area contributed by atoms with Crippen LogP contribution in [-0.4, -0.2) is 18.5 Å². The fourth-order valence-corrected chi connectivity index (χ4v) is 1.55. The number of amides is 1. The van der Waals surface area contributed by atoms with E-state index in [1.165, 1.54) is 0 Å². The van der Waals surface area contributed by atoms with E-state index < -0.39 is 0 Å². The molecule has 88 valence electrons. The number of hydrogen-bond acceptors (Lipinski definition) is 2. The van der Waals surface area contributed by atoms with Crippen LogP contribution >= 0.6 is 0 Å². The van der Waals surface area contributed by atoms with E-state index in [0.717, 1.165) is 18.5 Å². The van der Waals surface area contributed by atoms with Crippen LogP contribution in [-0.2, 0) is 0 Å². The van der Waals surface area contributed by atoms with Crippen molar-refractivity contribution >= 4 is 11.6 Å². The molecule has 0 aromatic heterocycles. The zero-order chi connectivity index (χ0) is 12.1. The molecule has 0 aliphatic heterocycles. The summed E-state index contributed by atoms with van der Waals surface area (Å²) in [6, 6.07) is 7.90. The summed E-state index contributed by atoms with van der Waals surface area (Å²) in [4.78, 5) is 12.0. The Labute approximate surface area is 102 Å². The number of anilines is 1. The zero-order valence-corrected chi connectivity index (χ0v) is 9.92. The maximum atomic E-state index is 12.0. The summed E-state index contributed by atoms with van der Waals surface area (Å²) < 4.78 is 0. The summed E-state index contributed by atoms with van der Waals surface area (Å²) in [5.74, 6) is 5.74. The first-order valence-corrected chi connectivity index (χ1v) is 5.84. The minimum absolute atomic E-state index is 0.0000534. The van der Waals surface area contributed by atoms with Crippen molar-refractivity contribution in [2.75, 3.05) is 11.9 Å². The van der Waals surface area contributed by atoms with E-state index in [1.54, 1.807) is 6.92 Å². The molecule has 0 spiro atoms. The second-order valence-electron chi connectivity index (χ2n) is 4.07. The molecule has 2 rings (SSSR count).